The van der Waals surface area contributed by atoms with E-state index in [1.54, 1.807) is 0 Å². The molecule has 2 saturated heterocycles. The van der Waals surface area contributed by atoms with Crippen molar-refractivity contribution in [1.82, 2.24) is 4.98 Å². The maximum atomic E-state index is 12.8. The van der Waals surface area contributed by atoms with E-state index in [2.05, 4.69) is 4.98 Å². The van der Waals surface area contributed by atoms with E-state index >= 15 is 0 Å². The first-order valence-electron chi connectivity index (χ1n) is 10.1. The second-order valence-corrected chi connectivity index (χ2v) is 12.1. The highest BCUT2D eigenvalue weighted by molar-refractivity contribution is 7.73. The van der Waals surface area contributed by atoms with Gasteiger partial charge in [0.1, 0.15) is 5.75 Å². The largest absolute Gasteiger partial charge is 0.426 e. The summed E-state index contributed by atoms with van der Waals surface area (Å²) >= 11 is 0. The normalized spacial score (nSPS) is 32.9. The molecule has 0 bridgehead atoms. The van der Waals surface area contributed by atoms with Crippen molar-refractivity contribution in [3.8, 4) is 5.75 Å². The first-order chi connectivity index (χ1) is 15.6. The summed E-state index contributed by atoms with van der Waals surface area (Å²) in [7, 11) is -10.2. The van der Waals surface area contributed by atoms with Gasteiger partial charge in [-0.25, -0.2) is 0 Å². The quantitative estimate of drug-likeness (QED) is 0.315. The number of aromatic nitrogens is 1. The van der Waals surface area contributed by atoms with Crippen molar-refractivity contribution in [2.75, 3.05) is 13.2 Å². The van der Waals surface area contributed by atoms with E-state index in [0.717, 1.165) is 0 Å². The first-order valence-corrected chi connectivity index (χ1v) is 13.3. The lowest BCUT2D eigenvalue weighted by Crippen LogP contribution is -2.37. The minimum atomic E-state index is -5.08. The summed E-state index contributed by atoms with van der Waals surface area (Å²) in [6, 6.07) is 8.51. The van der Waals surface area contributed by atoms with Gasteiger partial charge in [-0.1, -0.05) is 18.2 Å². The maximum absolute atomic E-state index is 12.8. The average molecular weight is 499 g/mol. The zero-order chi connectivity index (χ0) is 23.7. The lowest BCUT2D eigenvalue weighted by atomic mass is 10.0. The van der Waals surface area contributed by atoms with Gasteiger partial charge in [-0.05, 0) is 36.6 Å². The van der Waals surface area contributed by atoms with E-state index in [1.165, 1.54) is 48.8 Å². The van der Waals surface area contributed by atoms with Gasteiger partial charge in [0.15, 0.2) is 0 Å². The number of carbonyl (C=O) groups excluding carboxylic acids is 1. The number of rotatable bonds is 5. The Bertz CT molecular complexity index is 1060. The van der Waals surface area contributed by atoms with E-state index in [-0.39, 0.29) is 22.8 Å². The number of aliphatic hydroxyl groups is 1. The molecule has 11 nitrogen and oxygen atoms in total. The zero-order valence-corrected chi connectivity index (χ0v) is 19.1. The molecule has 0 aliphatic carbocycles. The van der Waals surface area contributed by atoms with Crippen molar-refractivity contribution in [2.24, 2.45) is 5.92 Å². The van der Waals surface area contributed by atoms with Gasteiger partial charge in [0.25, 0.3) is 5.08 Å². The number of hydrogen-bond donors (Lipinski definition) is 3. The van der Waals surface area contributed by atoms with Crippen LogP contribution in [0.25, 0.3) is 0 Å². The van der Waals surface area contributed by atoms with Crippen LogP contribution in [0, 0.1) is 5.92 Å². The monoisotopic (exact) mass is 499 g/mol. The molecule has 0 radical (unpaired) electrons. The number of esters is 1. The van der Waals surface area contributed by atoms with Gasteiger partial charge >= 0.3 is 21.2 Å². The Labute approximate surface area is 189 Å². The fraction of sp³-hybridized carbons (Fsp3) is 0.400. The molecule has 33 heavy (non-hydrogen) atoms. The van der Waals surface area contributed by atoms with Gasteiger partial charge in [0.05, 0.1) is 5.92 Å². The number of pyridine rings is 1. The van der Waals surface area contributed by atoms with Gasteiger partial charge in [0.2, 0.25) is 6.29 Å². The lowest BCUT2D eigenvalue weighted by molar-refractivity contribution is -0.142. The van der Waals surface area contributed by atoms with Gasteiger partial charge < -0.3 is 24.4 Å². The predicted molar refractivity (Wildman–Crippen MR) is 113 cm³/mol. The molecule has 1 aromatic carbocycles. The highest BCUT2D eigenvalue weighted by Gasteiger charge is 2.67. The Morgan fingerprint density at radius 1 is 1.09 bits per heavy atom. The van der Waals surface area contributed by atoms with Crippen LogP contribution in [0.3, 0.4) is 0 Å². The molecular weight excluding hydrogens is 476 g/mol. The van der Waals surface area contributed by atoms with E-state index in [0.29, 0.717) is 26.1 Å². The molecule has 2 atom stereocenters. The van der Waals surface area contributed by atoms with Crippen LogP contribution in [0.1, 0.15) is 30.3 Å². The SMILES string of the molecule is O=C(Oc1ccc(C2OP(=O)(O)C(O)(Cc3cccnc3)P(=O)(O)O2)cc1)C1CCOCC1. The molecule has 3 heterocycles. The molecule has 2 aromatic rings. The van der Waals surface area contributed by atoms with Crippen molar-refractivity contribution < 1.29 is 47.3 Å². The molecule has 178 valence electrons. The third kappa shape index (κ3) is 4.96. The Kier molecular flexibility index (Phi) is 6.87. The molecule has 2 aliphatic heterocycles. The van der Waals surface area contributed by atoms with E-state index < -0.39 is 39.0 Å². The predicted octanol–water partition coefficient (Wildman–Crippen LogP) is 2.72. The van der Waals surface area contributed by atoms with Gasteiger partial charge in [0, 0.05) is 37.6 Å². The second-order valence-electron chi connectivity index (χ2n) is 7.77. The molecule has 0 amide bonds. The summed E-state index contributed by atoms with van der Waals surface area (Å²) in [4.78, 5) is 36.9. The molecule has 1 aromatic heterocycles. The number of nitrogens with zero attached hydrogens (tertiary/aromatic N) is 1. The molecule has 3 N–H and O–H groups in total. The van der Waals surface area contributed by atoms with E-state index in [1.807, 2.05) is 0 Å². The van der Waals surface area contributed by atoms with Gasteiger partial charge in [-0.2, -0.15) is 0 Å². The fourth-order valence-electron chi connectivity index (χ4n) is 3.53. The van der Waals surface area contributed by atoms with Crippen LogP contribution >= 0.6 is 15.2 Å². The van der Waals surface area contributed by atoms with E-state index in [9.17, 15) is 28.8 Å². The van der Waals surface area contributed by atoms with Crippen molar-refractivity contribution in [1.29, 1.82) is 0 Å². The lowest BCUT2D eigenvalue weighted by Gasteiger charge is -2.41. The van der Waals surface area contributed by atoms with Crippen LogP contribution in [-0.4, -0.2) is 44.1 Å². The van der Waals surface area contributed by atoms with E-state index in [4.69, 9.17) is 18.5 Å². The highest BCUT2D eigenvalue weighted by Crippen LogP contribution is 2.79. The minimum absolute atomic E-state index is 0.118. The number of carbonyl (C=O) groups is 1. The molecule has 2 fully saturated rings. The third-order valence-electron chi connectivity index (χ3n) is 5.47. The highest BCUT2D eigenvalue weighted by atomic mass is 31.2. The molecule has 2 aliphatic rings. The van der Waals surface area contributed by atoms with Crippen LogP contribution < -0.4 is 4.74 Å². The Balaban J connectivity index is 1.49. The average Bonchev–Trinajstić information content (AvgIpc) is 2.79. The molecule has 4 rings (SSSR count). The minimum Gasteiger partial charge on any atom is -0.426 e. The summed E-state index contributed by atoms with van der Waals surface area (Å²) in [6.07, 6.45) is 1.48. The van der Waals surface area contributed by atoms with Crippen LogP contribution in [0.4, 0.5) is 0 Å². The first kappa shape index (κ1) is 24.2. The summed E-state index contributed by atoms with van der Waals surface area (Å²) in [5, 5.41) is 7.67. The molecular formula is C20H23NO10P2. The summed E-state index contributed by atoms with van der Waals surface area (Å²) < 4.78 is 46.4. The van der Waals surface area contributed by atoms with Crippen LogP contribution in [0.2, 0.25) is 0 Å². The van der Waals surface area contributed by atoms with Gasteiger partial charge in [-0.3, -0.25) is 28.0 Å². The number of hydrogen-bond acceptors (Lipinski definition) is 9. The van der Waals surface area contributed by atoms with Crippen molar-refractivity contribution in [2.45, 2.75) is 30.6 Å². The van der Waals surface area contributed by atoms with Crippen molar-refractivity contribution >= 4 is 21.2 Å². The summed E-state index contributed by atoms with van der Waals surface area (Å²) in [5.41, 5.74) is 0.359. The Morgan fingerprint density at radius 3 is 2.30 bits per heavy atom. The number of ether oxygens (including phenoxy) is 2. The third-order valence-corrected chi connectivity index (χ3v) is 10.1. The Hall–Kier alpha value is -1.94. The second kappa shape index (κ2) is 9.37. The Morgan fingerprint density at radius 2 is 1.73 bits per heavy atom. The maximum Gasteiger partial charge on any atom is 0.374 e. The molecule has 0 spiro atoms. The van der Waals surface area contributed by atoms with Crippen LogP contribution in [0.15, 0.2) is 48.8 Å². The van der Waals surface area contributed by atoms with Crippen LogP contribution in [0.5, 0.6) is 5.75 Å². The smallest absolute Gasteiger partial charge is 0.374 e. The summed E-state index contributed by atoms with van der Waals surface area (Å²) in [6.45, 7) is 0.981. The topological polar surface area (TPSA) is 162 Å². The molecule has 13 heteroatoms. The zero-order valence-electron chi connectivity index (χ0n) is 17.4. The fourth-order valence-corrected chi connectivity index (χ4v) is 7.11. The van der Waals surface area contributed by atoms with Gasteiger partial charge in [-0.15, -0.1) is 0 Å². The van der Waals surface area contributed by atoms with Crippen molar-refractivity contribution in [3.05, 3.63) is 59.9 Å². The standard InChI is InChI=1S/C20H23NO10P2/c22-18(15-7-10-28-11-8-15)29-17-5-3-16(4-6-17)19-30-32(24,25)20(23,33(26,27)31-19)12-14-2-1-9-21-13-14/h1-6,9,13,15,19,23H,7-8,10-12H2,(H,24,25)(H,26,27). The molecule has 0 saturated carbocycles. The summed E-state index contributed by atoms with van der Waals surface area (Å²) in [5.74, 6) is -0.434. The molecule has 2 unspecified atom stereocenters. The van der Waals surface area contributed by atoms with Crippen LogP contribution in [-0.2, 0) is 34.1 Å². The van der Waals surface area contributed by atoms with Crippen molar-refractivity contribution in [3.63, 3.8) is 0 Å². The number of benzene rings is 1.